The molecule has 0 fully saturated rings. The van der Waals surface area contributed by atoms with Crippen LogP contribution in [0.15, 0.2) is 0 Å². The summed E-state index contributed by atoms with van der Waals surface area (Å²) in [5, 5.41) is 41.3. The largest absolute Gasteiger partial charge is 0.649 e. The molecule has 16 N–H and O–H groups in total. The monoisotopic (exact) mass is 558 g/mol. The third kappa shape index (κ3) is 19.7. The van der Waals surface area contributed by atoms with E-state index >= 15 is 0 Å². The number of primary amides is 2. The Morgan fingerprint density at radius 1 is 0.789 bits per heavy atom. The van der Waals surface area contributed by atoms with Gasteiger partial charge in [0.05, 0.1) is 36.9 Å². The van der Waals surface area contributed by atoms with Gasteiger partial charge in [0.25, 0.3) is 11.8 Å². The molecule has 4 amide bonds. The van der Waals surface area contributed by atoms with E-state index in [9.17, 15) is 39.0 Å². The molecule has 0 aromatic heterocycles. The zero-order valence-electron chi connectivity index (χ0n) is 21.9. The van der Waals surface area contributed by atoms with Crippen LogP contribution in [0.25, 0.3) is 0 Å². The van der Waals surface area contributed by atoms with Crippen molar-refractivity contribution in [2.45, 2.75) is 77.5 Å². The van der Waals surface area contributed by atoms with E-state index in [1.54, 1.807) is 0 Å². The van der Waals surface area contributed by atoms with Gasteiger partial charge in [-0.25, -0.2) is 0 Å². The van der Waals surface area contributed by atoms with E-state index < -0.39 is 72.6 Å². The Labute approximate surface area is 219 Å². The molecule has 0 unspecified atom stereocenters. The highest BCUT2D eigenvalue weighted by atomic mass is 17.4. The molecule has 0 aliphatic carbocycles. The van der Waals surface area contributed by atoms with Crippen molar-refractivity contribution in [2.75, 3.05) is 0 Å². The highest BCUT2D eigenvalue weighted by Gasteiger charge is 2.27. The molecule has 224 valence electrons. The van der Waals surface area contributed by atoms with Crippen LogP contribution in [0.5, 0.6) is 0 Å². The van der Waals surface area contributed by atoms with Crippen molar-refractivity contribution in [1.82, 2.24) is 10.6 Å². The molecule has 6 atom stereocenters. The van der Waals surface area contributed by atoms with Crippen molar-refractivity contribution < 1.29 is 71.5 Å². The molecule has 0 aliphatic heterocycles. The maximum Gasteiger partial charge on any atom is 0.278 e. The minimum absolute atomic E-state index is 0. The minimum atomic E-state index is -1.53. The Morgan fingerprint density at radius 2 is 1.03 bits per heavy atom. The summed E-state index contributed by atoms with van der Waals surface area (Å²) >= 11 is 0. The first-order valence-corrected chi connectivity index (χ1v) is 11.2. The lowest BCUT2D eigenvalue weighted by molar-refractivity contribution is -0.793. The number of carbonyl (C=O) groups excluding carboxylic acids is 6. The number of nitrogens with one attached hydrogen (secondary N) is 2. The molecule has 38 heavy (non-hydrogen) atoms. The maximum atomic E-state index is 11.6. The number of carbonyl (C=O) groups is 6. The van der Waals surface area contributed by atoms with Gasteiger partial charge in [-0.05, 0) is 12.8 Å². The van der Waals surface area contributed by atoms with Gasteiger partial charge < -0.3 is 64.1 Å². The van der Waals surface area contributed by atoms with Crippen LogP contribution in [0.1, 0.15) is 53.4 Å². The van der Waals surface area contributed by atoms with Crippen LogP contribution in [0.2, 0.25) is 0 Å². The molecule has 0 aromatic rings. The van der Waals surface area contributed by atoms with Gasteiger partial charge in [-0.1, -0.05) is 27.7 Å². The van der Waals surface area contributed by atoms with Crippen molar-refractivity contribution in [1.29, 1.82) is 0 Å². The van der Waals surface area contributed by atoms with E-state index in [4.69, 9.17) is 22.0 Å². The van der Waals surface area contributed by atoms with Crippen LogP contribution in [0, 0.1) is 11.8 Å². The van der Waals surface area contributed by atoms with E-state index in [0.717, 1.165) is 12.8 Å². The normalized spacial score (nSPS) is 14.5. The average molecular weight is 559 g/mol. The number of carboxylic acids is 2. The first-order chi connectivity index (χ1) is 17.0. The lowest BCUT2D eigenvalue weighted by Gasteiger charge is -2.21. The number of quaternary nitrogens is 2. The fraction of sp³-hybridized carbons (Fsp3) is 0.700. The number of aliphatic carboxylic acids is 2. The lowest BCUT2D eigenvalue weighted by Crippen LogP contribution is -2.71. The van der Waals surface area contributed by atoms with Crippen LogP contribution in [-0.2, 0) is 33.8 Å². The minimum Gasteiger partial charge on any atom is -0.649 e. The van der Waals surface area contributed by atoms with E-state index in [1.807, 2.05) is 27.7 Å². The van der Waals surface area contributed by atoms with Gasteiger partial charge >= 0.3 is 0 Å². The number of carboxylic acid groups (broad SMARTS) is 2. The first-order valence-electron chi connectivity index (χ1n) is 11.2. The standard InChI is InChI=1S/2C10H19N3O4.H2O3.H2O/c2*1-3-5(2)8(12)9(15)13-6(10(16)17)4-7(11)14;1-3-2;/h2*5-6,8H,3-4,12H2,1-2H3,(H2,11,14)(H,13,15)(H,16,17);1-2H;1H2/t2*5-,6-,8-;;/m00../s1. The van der Waals surface area contributed by atoms with Crippen LogP contribution in [0.4, 0.5) is 0 Å². The fourth-order valence-electron chi connectivity index (χ4n) is 2.43. The van der Waals surface area contributed by atoms with Crippen molar-refractivity contribution in [2.24, 2.45) is 23.3 Å². The number of nitrogens with two attached hydrogens (primary N) is 2. The molecule has 0 radical (unpaired) electrons. The van der Waals surface area contributed by atoms with Crippen molar-refractivity contribution >= 4 is 35.6 Å². The molecule has 0 saturated carbocycles. The van der Waals surface area contributed by atoms with Gasteiger partial charge in [-0.3, -0.25) is 24.4 Å². The second-order valence-corrected chi connectivity index (χ2v) is 8.17. The molecule has 18 nitrogen and oxygen atoms in total. The van der Waals surface area contributed by atoms with Crippen molar-refractivity contribution in [3.8, 4) is 0 Å². The Balaban J connectivity index is -0.000000269. The van der Waals surface area contributed by atoms with Gasteiger partial charge in [0.2, 0.25) is 11.8 Å². The summed E-state index contributed by atoms with van der Waals surface area (Å²) in [4.78, 5) is 65.8. The van der Waals surface area contributed by atoms with Crippen LogP contribution >= 0.6 is 0 Å². The topological polar surface area (TPSA) is 367 Å². The first kappa shape index (κ1) is 41.7. The second-order valence-electron chi connectivity index (χ2n) is 8.17. The SMILES string of the molecule is CC[C@H](C)[C@H]([NH3+])C(=O)N[C@@H](CC(N)=O)C(=O)[O-].CC[C@H](C)[C@H]([NH3+])C(=O)N[C@@H](CC(N)=O)C(=O)[O-].O.[O-]O[OH2+]. The lowest BCUT2D eigenvalue weighted by atomic mass is 9.99. The fourth-order valence-corrected chi connectivity index (χ4v) is 2.43. The summed E-state index contributed by atoms with van der Waals surface area (Å²) in [7, 11) is 0. The third-order valence-electron chi connectivity index (χ3n) is 5.35. The van der Waals surface area contributed by atoms with Crippen LogP contribution < -0.4 is 49.0 Å². The number of hydrogen-bond donors (Lipinski definition) is 6. The predicted molar refractivity (Wildman–Crippen MR) is 122 cm³/mol. The summed E-state index contributed by atoms with van der Waals surface area (Å²) in [6, 6.07) is -3.94. The van der Waals surface area contributed by atoms with Crippen molar-refractivity contribution in [3.63, 3.8) is 0 Å². The van der Waals surface area contributed by atoms with Gasteiger partial charge in [0, 0.05) is 11.8 Å². The highest BCUT2D eigenvalue weighted by Crippen LogP contribution is 2.05. The molecule has 0 bridgehead atoms. The smallest absolute Gasteiger partial charge is 0.278 e. The van der Waals surface area contributed by atoms with E-state index in [-0.39, 0.29) is 17.3 Å². The molecule has 0 heterocycles. The predicted octanol–water partition coefficient (Wildman–Crippen LogP) is -9.40. The molecule has 0 rings (SSSR count). The zero-order valence-corrected chi connectivity index (χ0v) is 21.9. The summed E-state index contributed by atoms with van der Waals surface area (Å²) in [5.41, 5.74) is 17.1. The Bertz CT molecular complexity index is 694. The van der Waals surface area contributed by atoms with Gasteiger partial charge in [0.1, 0.15) is 0 Å². The number of amides is 4. The highest BCUT2D eigenvalue weighted by molar-refractivity contribution is 5.89. The maximum absolute atomic E-state index is 11.6. The second kappa shape index (κ2) is 22.8. The Hall–Kier alpha value is -3.42. The average Bonchev–Trinajstić information content (AvgIpc) is 2.81. The van der Waals surface area contributed by atoms with Crippen molar-refractivity contribution in [3.05, 3.63) is 0 Å². The van der Waals surface area contributed by atoms with Gasteiger partial charge in [-0.2, -0.15) is 5.04 Å². The third-order valence-corrected chi connectivity index (χ3v) is 5.35. The zero-order chi connectivity index (χ0) is 29.9. The molecular weight excluding hydrogens is 516 g/mol. The number of rotatable bonds is 14. The number of hydrogen-bond acceptors (Lipinski definition) is 10. The molecule has 0 spiro atoms. The van der Waals surface area contributed by atoms with E-state index in [1.165, 1.54) is 0 Å². The Morgan fingerprint density at radius 3 is 1.18 bits per heavy atom. The van der Waals surface area contributed by atoms with Gasteiger partial charge in [0.15, 0.2) is 12.1 Å². The Kier molecular flexibility index (Phi) is 25.0. The quantitative estimate of drug-likeness (QED) is 0.0663. The molecule has 18 heteroatoms. The molecule has 0 aliphatic rings. The van der Waals surface area contributed by atoms with Crippen LogP contribution in [-0.4, -0.2) is 70.5 Å². The van der Waals surface area contributed by atoms with E-state index in [0.29, 0.717) is 0 Å². The summed E-state index contributed by atoms with van der Waals surface area (Å²) < 4.78 is 0. The summed E-state index contributed by atoms with van der Waals surface area (Å²) in [5.74, 6) is -5.70. The van der Waals surface area contributed by atoms with E-state index in [2.05, 4.69) is 27.1 Å². The summed E-state index contributed by atoms with van der Waals surface area (Å²) in [6.07, 6.45) is 0.517. The molecule has 0 aromatic carbocycles. The summed E-state index contributed by atoms with van der Waals surface area (Å²) in [6.45, 7) is 7.46. The molecular formula is C20H42N6O12. The van der Waals surface area contributed by atoms with Crippen LogP contribution in [0.3, 0.4) is 0 Å². The van der Waals surface area contributed by atoms with Gasteiger partial charge in [-0.15, -0.1) is 0 Å². The molecule has 0 saturated heterocycles.